The van der Waals surface area contributed by atoms with Crippen molar-refractivity contribution in [3.8, 4) is 0 Å². The average Bonchev–Trinajstić information content (AvgIpc) is 3.52. The van der Waals surface area contributed by atoms with Gasteiger partial charge in [0.15, 0.2) is 23.8 Å². The maximum absolute atomic E-state index is 11.7. The van der Waals surface area contributed by atoms with Crippen molar-refractivity contribution in [1.82, 2.24) is 16.0 Å². The van der Waals surface area contributed by atoms with Crippen LogP contribution in [0.15, 0.2) is 20.0 Å². The number of nitrogens with zero attached hydrogens (tertiary/aromatic N) is 9. The van der Waals surface area contributed by atoms with Crippen molar-refractivity contribution >= 4 is 47.6 Å². The molecule has 0 aromatic heterocycles. The van der Waals surface area contributed by atoms with Crippen LogP contribution in [0.5, 0.6) is 0 Å². The topological polar surface area (TPSA) is 756 Å². The van der Waals surface area contributed by atoms with Gasteiger partial charge in [-0.2, -0.15) is 0 Å². The van der Waals surface area contributed by atoms with E-state index in [2.05, 4.69) is 60.1 Å². The number of nitrogens with two attached hydrogens (primary N) is 12. The summed E-state index contributed by atoms with van der Waals surface area (Å²) in [6, 6.07) is -2.74. The molecular formula is C44H94N24O22. The van der Waals surface area contributed by atoms with E-state index in [1.807, 2.05) is 0 Å². The number of esters is 2. The molecule has 0 aromatic rings. The predicted octanol–water partition coefficient (Wildman–Crippen LogP) is -6.46. The maximum atomic E-state index is 11.7. The molecule has 0 spiro atoms. The second-order valence-electron chi connectivity index (χ2n) is 18.1. The number of aliphatic imine (C=N–C) groups is 4. The number of unbranched alkanes of at least 4 members (excludes halogenated alkanes) is 4. The fourth-order valence-electron chi connectivity index (χ4n) is 6.12. The van der Waals surface area contributed by atoms with Crippen LogP contribution in [-0.4, -0.2) is 209 Å². The lowest BCUT2D eigenvalue weighted by atomic mass is 10.1. The number of nitrogens with one attached hydrogen (secondary N) is 3. The van der Waals surface area contributed by atoms with E-state index in [0.29, 0.717) is 110 Å². The van der Waals surface area contributed by atoms with Crippen molar-refractivity contribution in [2.45, 2.75) is 127 Å². The van der Waals surface area contributed by atoms with Crippen LogP contribution in [0.25, 0.3) is 0 Å². The molecule has 0 aliphatic carbocycles. The highest BCUT2D eigenvalue weighted by molar-refractivity contribution is 5.82. The van der Waals surface area contributed by atoms with Crippen molar-refractivity contribution in [2.75, 3.05) is 105 Å². The number of hydrogen-bond acceptors (Lipinski definition) is 31. The van der Waals surface area contributed by atoms with Crippen LogP contribution in [-0.2, 0) is 57.6 Å². The third kappa shape index (κ3) is 69.5. The van der Waals surface area contributed by atoms with Gasteiger partial charge in [0.1, 0.15) is 44.6 Å². The van der Waals surface area contributed by atoms with Crippen LogP contribution < -0.4 is 84.8 Å². The van der Waals surface area contributed by atoms with Gasteiger partial charge in [0.25, 0.3) is 25.4 Å². The van der Waals surface area contributed by atoms with Gasteiger partial charge in [-0.15, -0.1) is 50.6 Å². The first-order valence-corrected chi connectivity index (χ1v) is 27.8. The second-order valence-corrected chi connectivity index (χ2v) is 18.1. The predicted molar refractivity (Wildman–Crippen MR) is 319 cm³/mol. The molecule has 0 aliphatic rings. The lowest BCUT2D eigenvalue weighted by Gasteiger charge is -2.14. The average molecular weight is 1310 g/mol. The normalized spacial score (nSPS) is 11.8. The number of amides is 2. The van der Waals surface area contributed by atoms with Gasteiger partial charge in [0.2, 0.25) is 11.8 Å². The summed E-state index contributed by atoms with van der Waals surface area (Å²) in [5, 5.41) is 53.5. The highest BCUT2D eigenvalue weighted by atomic mass is 17.0. The lowest BCUT2D eigenvalue weighted by Crippen LogP contribution is -2.42. The molecule has 0 aromatic carbocycles. The highest BCUT2D eigenvalue weighted by Crippen LogP contribution is 2.08. The van der Waals surface area contributed by atoms with Gasteiger partial charge in [-0.3, -0.25) is 39.1 Å². The zero-order valence-corrected chi connectivity index (χ0v) is 50.2. The first kappa shape index (κ1) is 87.2. The molecule has 0 fully saturated rings. The standard InChI is InChI=1S/C12H24N6O8.C12H26N6O4.2C10H22N6O5/c13-10(5-3-6-16-12(14)15)11(19)24-7-2-1-4-9(26-18(22)23)8-25-17(20)21;13-10(6-5-8-17-12(14)15)11(19)16-7-3-1-2-4-9-22-18(20)21;11-8(2-1-3-15-10(12)13)9(17)20-6-4-14-5-7-21-16(18)19;11-8(2-1-3-15-10(12)13)9(17)14-4-5-20-6-7-21-16(18)19/h9-10H,1-8,13H2,(H4,14,15,16);10H,1-9,13H2,(H,16,19)(H4,14,15,17);8,14H,1-7,11H2,(H4,12,13,15);8H,1-7,11H2,(H,14,17)(H4,12,13,15). The van der Waals surface area contributed by atoms with Crippen LogP contribution >= 0.6 is 0 Å². The molecule has 0 rings (SSSR count). The number of guanidine groups is 4. The monoisotopic (exact) mass is 1310 g/mol. The maximum Gasteiger partial charge on any atom is 0.322 e. The van der Waals surface area contributed by atoms with Gasteiger partial charge in [0, 0.05) is 52.4 Å². The molecule has 46 nitrogen and oxygen atoms in total. The number of ether oxygens (including phenoxy) is 3. The molecule has 0 heterocycles. The van der Waals surface area contributed by atoms with Crippen LogP contribution in [0, 0.1) is 50.6 Å². The van der Waals surface area contributed by atoms with Crippen molar-refractivity contribution in [3.05, 3.63) is 50.6 Å². The summed E-state index contributed by atoms with van der Waals surface area (Å²) < 4.78 is 14.9. The minimum absolute atomic E-state index is 0.00159. The summed E-state index contributed by atoms with van der Waals surface area (Å²) in [4.78, 5) is 132. The Balaban J connectivity index is -0.000000550. The molecule has 27 N–H and O–H groups in total. The Morgan fingerprint density at radius 2 is 0.767 bits per heavy atom. The van der Waals surface area contributed by atoms with Crippen molar-refractivity contribution in [2.24, 2.45) is 88.8 Å². The SMILES string of the molecule is NC(N)=NCCCC(N)C(=O)NCCCCCCO[N+](=O)[O-].NC(N)=NCCCC(N)C(=O)NCCOCCO[N+](=O)[O-].NC(N)=NCCCC(N)C(=O)OCCCCC(CO[N+](=O)[O-])O[N+](=O)[O-].NC(N)=NCCCC(N)C(=O)OCCNCCO[N+](=O)[O-]. The number of rotatable bonds is 52. The van der Waals surface area contributed by atoms with Gasteiger partial charge in [-0.1, -0.05) is 12.8 Å². The van der Waals surface area contributed by atoms with Crippen LogP contribution in [0.3, 0.4) is 0 Å². The van der Waals surface area contributed by atoms with Gasteiger partial charge >= 0.3 is 11.9 Å². The quantitative estimate of drug-likeness (QED) is 0.00672. The number of carbonyl (C=O) groups excluding carboxylic acids is 4. The lowest BCUT2D eigenvalue weighted by molar-refractivity contribution is -0.790. The van der Waals surface area contributed by atoms with E-state index >= 15 is 0 Å². The van der Waals surface area contributed by atoms with Gasteiger partial charge < -0.3 is 123 Å². The Labute approximate surface area is 516 Å². The summed E-state index contributed by atoms with van der Waals surface area (Å²) >= 11 is 0. The third-order valence-electron chi connectivity index (χ3n) is 10.5. The molecule has 522 valence electrons. The smallest absolute Gasteiger partial charge is 0.322 e. The molecule has 46 heteroatoms. The minimum atomic E-state index is -1.08. The summed E-state index contributed by atoms with van der Waals surface area (Å²) in [6.07, 6.45) is 6.96. The Bertz CT molecular complexity index is 2040. The molecule has 0 aliphatic heterocycles. The zero-order chi connectivity index (χ0) is 68.9. The largest absolute Gasteiger partial charge is 0.465 e. The van der Waals surface area contributed by atoms with E-state index in [-0.39, 0.29) is 101 Å². The molecule has 5 atom stereocenters. The number of carbonyl (C=O) groups is 4. The Morgan fingerprint density at radius 3 is 1.21 bits per heavy atom. The zero-order valence-electron chi connectivity index (χ0n) is 50.2. The molecule has 0 bridgehead atoms. The summed E-state index contributed by atoms with van der Waals surface area (Å²) in [5.74, 6) is -1.59. The molecule has 90 heavy (non-hydrogen) atoms. The van der Waals surface area contributed by atoms with Crippen molar-refractivity contribution < 1.29 is 83.0 Å². The molecular weight excluding hydrogens is 1220 g/mol. The number of hydrogen-bond donors (Lipinski definition) is 15. The molecule has 0 saturated heterocycles. The van der Waals surface area contributed by atoms with E-state index < -0.39 is 74.2 Å². The van der Waals surface area contributed by atoms with E-state index in [9.17, 15) is 69.7 Å². The first-order valence-electron chi connectivity index (χ1n) is 27.8. The first-order chi connectivity index (χ1) is 42.5. The van der Waals surface area contributed by atoms with Crippen molar-refractivity contribution in [1.29, 1.82) is 0 Å². The van der Waals surface area contributed by atoms with Crippen LogP contribution in [0.4, 0.5) is 0 Å². The van der Waals surface area contributed by atoms with E-state index in [1.54, 1.807) is 0 Å². The fraction of sp³-hybridized carbons (Fsp3) is 0.818. The Kier molecular flexibility index (Phi) is 58.1. The van der Waals surface area contributed by atoms with E-state index in [4.69, 9.17) is 83.0 Å². The van der Waals surface area contributed by atoms with E-state index in [1.165, 1.54) is 0 Å². The minimum Gasteiger partial charge on any atom is -0.465 e. The molecule has 0 radical (unpaired) electrons. The third-order valence-corrected chi connectivity index (χ3v) is 10.5. The van der Waals surface area contributed by atoms with Crippen LogP contribution in [0.1, 0.15) is 96.3 Å². The molecule has 0 saturated carbocycles. The van der Waals surface area contributed by atoms with Gasteiger partial charge in [0.05, 0.1) is 38.5 Å². The van der Waals surface area contributed by atoms with Crippen LogP contribution in [0.2, 0.25) is 0 Å². The Morgan fingerprint density at radius 1 is 0.378 bits per heavy atom. The summed E-state index contributed by atoms with van der Waals surface area (Å²) in [5.41, 5.74) is 64.0. The second kappa shape index (κ2) is 60.0. The molecule has 5 unspecified atom stereocenters. The highest BCUT2D eigenvalue weighted by Gasteiger charge is 2.19. The Hall–Kier alpha value is -9.28. The fourth-order valence-corrected chi connectivity index (χ4v) is 6.12. The van der Waals surface area contributed by atoms with E-state index in [0.717, 1.165) is 19.3 Å². The van der Waals surface area contributed by atoms with Gasteiger partial charge in [-0.25, -0.2) is 0 Å². The summed E-state index contributed by atoms with van der Waals surface area (Å²) in [6.45, 7) is 2.87. The van der Waals surface area contributed by atoms with Gasteiger partial charge in [-0.05, 0) is 83.5 Å². The summed E-state index contributed by atoms with van der Waals surface area (Å²) in [7, 11) is 0. The molecule has 2 amide bonds. The van der Waals surface area contributed by atoms with Crippen molar-refractivity contribution in [3.63, 3.8) is 0 Å².